The van der Waals surface area contributed by atoms with E-state index in [-0.39, 0.29) is 11.9 Å². The number of benzene rings is 1. The summed E-state index contributed by atoms with van der Waals surface area (Å²) in [6, 6.07) is 11.9. The summed E-state index contributed by atoms with van der Waals surface area (Å²) in [5, 5.41) is 6.92. The minimum Gasteiger partial charge on any atom is -0.349 e. The van der Waals surface area contributed by atoms with Crippen LogP contribution in [0.5, 0.6) is 0 Å². The van der Waals surface area contributed by atoms with Gasteiger partial charge in [0.2, 0.25) is 5.91 Å². The number of carbonyl (C=O) groups is 1. The molecule has 3 atom stereocenters. The molecule has 1 aromatic carbocycles. The molecule has 2 aliphatic heterocycles. The summed E-state index contributed by atoms with van der Waals surface area (Å²) in [6.07, 6.45) is 7.73. The lowest BCUT2D eigenvalue weighted by Gasteiger charge is -2.29. The Morgan fingerprint density at radius 1 is 1.23 bits per heavy atom. The SMILES string of the molecule is CCCC(NC(=O)CC1CC2CCC(C1)N2)c1ccccc1. The van der Waals surface area contributed by atoms with Gasteiger partial charge in [-0.25, -0.2) is 0 Å². The normalized spacial score (nSPS) is 28.3. The molecule has 0 aliphatic carbocycles. The topological polar surface area (TPSA) is 41.1 Å². The molecule has 3 unspecified atom stereocenters. The summed E-state index contributed by atoms with van der Waals surface area (Å²) < 4.78 is 0. The predicted molar refractivity (Wildman–Crippen MR) is 89.5 cm³/mol. The van der Waals surface area contributed by atoms with Gasteiger partial charge in [0, 0.05) is 18.5 Å². The third kappa shape index (κ3) is 3.89. The Morgan fingerprint density at radius 2 is 1.91 bits per heavy atom. The summed E-state index contributed by atoms with van der Waals surface area (Å²) in [7, 11) is 0. The summed E-state index contributed by atoms with van der Waals surface area (Å²) >= 11 is 0. The second-order valence-corrected chi connectivity index (χ2v) is 7.00. The molecule has 0 spiro atoms. The van der Waals surface area contributed by atoms with Crippen molar-refractivity contribution in [2.75, 3.05) is 0 Å². The third-order valence-electron chi connectivity index (χ3n) is 5.16. The molecule has 2 aliphatic rings. The zero-order valence-corrected chi connectivity index (χ0v) is 13.6. The van der Waals surface area contributed by atoms with E-state index in [9.17, 15) is 4.79 Å². The van der Waals surface area contributed by atoms with Crippen molar-refractivity contribution < 1.29 is 4.79 Å². The highest BCUT2D eigenvalue weighted by Gasteiger charge is 2.34. The molecule has 3 heteroatoms. The van der Waals surface area contributed by atoms with Crippen molar-refractivity contribution in [1.29, 1.82) is 0 Å². The van der Waals surface area contributed by atoms with Crippen molar-refractivity contribution in [3.8, 4) is 0 Å². The van der Waals surface area contributed by atoms with E-state index in [1.807, 2.05) is 6.07 Å². The van der Waals surface area contributed by atoms with Crippen molar-refractivity contribution in [3.63, 3.8) is 0 Å². The lowest BCUT2D eigenvalue weighted by Crippen LogP contribution is -2.40. The van der Waals surface area contributed by atoms with Crippen LogP contribution in [0.2, 0.25) is 0 Å². The van der Waals surface area contributed by atoms with Crippen molar-refractivity contribution in [2.24, 2.45) is 5.92 Å². The number of hydrogen-bond acceptors (Lipinski definition) is 2. The largest absolute Gasteiger partial charge is 0.349 e. The van der Waals surface area contributed by atoms with E-state index in [0.717, 1.165) is 12.8 Å². The summed E-state index contributed by atoms with van der Waals surface area (Å²) in [5.74, 6) is 0.797. The molecule has 1 amide bonds. The van der Waals surface area contributed by atoms with Crippen LogP contribution in [-0.2, 0) is 4.79 Å². The van der Waals surface area contributed by atoms with Gasteiger partial charge < -0.3 is 10.6 Å². The number of carbonyl (C=O) groups excluding carboxylic acids is 1. The number of amides is 1. The van der Waals surface area contributed by atoms with E-state index < -0.39 is 0 Å². The third-order valence-corrected chi connectivity index (χ3v) is 5.16. The average Bonchev–Trinajstić information content (AvgIpc) is 2.86. The van der Waals surface area contributed by atoms with Crippen LogP contribution in [0.15, 0.2) is 30.3 Å². The fourth-order valence-electron chi connectivity index (χ4n) is 4.15. The van der Waals surface area contributed by atoms with Gasteiger partial charge in [0.15, 0.2) is 0 Å². The van der Waals surface area contributed by atoms with Crippen molar-refractivity contribution in [2.45, 2.75) is 70.0 Å². The van der Waals surface area contributed by atoms with Crippen LogP contribution in [-0.4, -0.2) is 18.0 Å². The van der Waals surface area contributed by atoms with Gasteiger partial charge in [-0.3, -0.25) is 4.79 Å². The van der Waals surface area contributed by atoms with E-state index in [1.165, 1.54) is 31.2 Å². The van der Waals surface area contributed by atoms with Crippen LogP contribution in [0.3, 0.4) is 0 Å². The molecule has 22 heavy (non-hydrogen) atoms. The first-order chi connectivity index (χ1) is 10.7. The Kier molecular flexibility index (Phi) is 5.14. The molecule has 2 fully saturated rings. The van der Waals surface area contributed by atoms with Crippen LogP contribution in [0.4, 0.5) is 0 Å². The Labute approximate surface area is 133 Å². The predicted octanol–water partition coefficient (Wildman–Crippen LogP) is 3.56. The molecule has 0 saturated carbocycles. The number of rotatable bonds is 6. The van der Waals surface area contributed by atoms with E-state index in [1.54, 1.807) is 0 Å². The van der Waals surface area contributed by atoms with Gasteiger partial charge in [0.25, 0.3) is 0 Å². The van der Waals surface area contributed by atoms with Gasteiger partial charge >= 0.3 is 0 Å². The molecule has 0 aromatic heterocycles. The number of nitrogens with one attached hydrogen (secondary N) is 2. The van der Waals surface area contributed by atoms with Crippen LogP contribution >= 0.6 is 0 Å². The highest BCUT2D eigenvalue weighted by Crippen LogP contribution is 2.32. The maximum Gasteiger partial charge on any atom is 0.220 e. The van der Waals surface area contributed by atoms with Gasteiger partial charge in [0.05, 0.1) is 6.04 Å². The van der Waals surface area contributed by atoms with Gasteiger partial charge in [-0.15, -0.1) is 0 Å². The van der Waals surface area contributed by atoms with E-state index >= 15 is 0 Å². The van der Waals surface area contributed by atoms with Crippen LogP contribution < -0.4 is 10.6 Å². The zero-order valence-electron chi connectivity index (χ0n) is 13.6. The molecular formula is C19H28N2O. The molecule has 2 saturated heterocycles. The first kappa shape index (κ1) is 15.5. The molecule has 2 N–H and O–H groups in total. The Morgan fingerprint density at radius 3 is 2.55 bits per heavy atom. The lowest BCUT2D eigenvalue weighted by atomic mass is 9.89. The molecule has 3 nitrogen and oxygen atoms in total. The van der Waals surface area contributed by atoms with Gasteiger partial charge in [-0.1, -0.05) is 43.7 Å². The Bertz CT molecular complexity index is 475. The monoisotopic (exact) mass is 300 g/mol. The van der Waals surface area contributed by atoms with E-state index in [0.29, 0.717) is 24.4 Å². The highest BCUT2D eigenvalue weighted by molar-refractivity contribution is 5.76. The molecule has 2 bridgehead atoms. The van der Waals surface area contributed by atoms with E-state index in [4.69, 9.17) is 0 Å². The smallest absolute Gasteiger partial charge is 0.220 e. The van der Waals surface area contributed by atoms with Crippen molar-refractivity contribution in [3.05, 3.63) is 35.9 Å². The second-order valence-electron chi connectivity index (χ2n) is 7.00. The van der Waals surface area contributed by atoms with Gasteiger partial charge in [-0.05, 0) is 43.6 Å². The Hall–Kier alpha value is -1.35. The highest BCUT2D eigenvalue weighted by atomic mass is 16.1. The van der Waals surface area contributed by atoms with Crippen molar-refractivity contribution >= 4 is 5.91 Å². The number of fused-ring (bicyclic) bond motifs is 2. The zero-order chi connectivity index (χ0) is 15.4. The summed E-state index contributed by atoms with van der Waals surface area (Å²) in [5.41, 5.74) is 1.23. The molecule has 2 heterocycles. The fourth-order valence-corrected chi connectivity index (χ4v) is 4.15. The lowest BCUT2D eigenvalue weighted by molar-refractivity contribution is -0.123. The minimum absolute atomic E-state index is 0.164. The fraction of sp³-hybridized carbons (Fsp3) is 0.632. The Balaban J connectivity index is 1.55. The van der Waals surface area contributed by atoms with Gasteiger partial charge in [0.1, 0.15) is 0 Å². The molecule has 120 valence electrons. The first-order valence-electron chi connectivity index (χ1n) is 8.85. The first-order valence-corrected chi connectivity index (χ1v) is 8.85. The second kappa shape index (κ2) is 7.28. The summed E-state index contributed by atoms with van der Waals surface area (Å²) in [6.45, 7) is 2.17. The standard InChI is InChI=1S/C19H28N2O/c1-2-6-18(15-7-4-3-5-8-15)21-19(22)13-14-11-16-9-10-17(12-14)20-16/h3-5,7-8,14,16-18,20H,2,6,9-13H2,1H3,(H,21,22). The quantitative estimate of drug-likeness (QED) is 0.843. The molecule has 3 rings (SSSR count). The maximum atomic E-state index is 12.5. The van der Waals surface area contributed by atoms with Crippen molar-refractivity contribution in [1.82, 2.24) is 10.6 Å². The molecular weight excluding hydrogens is 272 g/mol. The minimum atomic E-state index is 0.164. The van der Waals surface area contributed by atoms with Crippen LogP contribution in [0, 0.1) is 5.92 Å². The van der Waals surface area contributed by atoms with Crippen LogP contribution in [0.25, 0.3) is 0 Å². The average molecular weight is 300 g/mol. The maximum absolute atomic E-state index is 12.5. The van der Waals surface area contributed by atoms with Crippen LogP contribution in [0.1, 0.15) is 63.5 Å². The van der Waals surface area contributed by atoms with E-state index in [2.05, 4.69) is 41.8 Å². The molecule has 0 radical (unpaired) electrons. The molecule has 1 aromatic rings. The number of hydrogen-bond donors (Lipinski definition) is 2. The number of piperidine rings is 1. The van der Waals surface area contributed by atoms with Gasteiger partial charge in [-0.2, -0.15) is 0 Å². The summed E-state index contributed by atoms with van der Waals surface area (Å²) in [4.78, 5) is 12.5.